The van der Waals surface area contributed by atoms with Crippen LogP contribution in [0.25, 0.3) is 10.2 Å². The van der Waals surface area contributed by atoms with Gasteiger partial charge >= 0.3 is 0 Å². The van der Waals surface area contributed by atoms with Crippen molar-refractivity contribution in [2.24, 2.45) is 0 Å². The van der Waals surface area contributed by atoms with Gasteiger partial charge < -0.3 is 15.0 Å². The van der Waals surface area contributed by atoms with Crippen LogP contribution in [0, 0.1) is 0 Å². The van der Waals surface area contributed by atoms with Crippen LogP contribution < -0.4 is 10.2 Å². The van der Waals surface area contributed by atoms with Crippen molar-refractivity contribution < 1.29 is 4.74 Å². The van der Waals surface area contributed by atoms with E-state index in [1.54, 1.807) is 11.3 Å². The van der Waals surface area contributed by atoms with E-state index in [-0.39, 0.29) is 0 Å². The van der Waals surface area contributed by atoms with Gasteiger partial charge in [-0.25, -0.2) is 15.0 Å². The van der Waals surface area contributed by atoms with E-state index in [9.17, 15) is 0 Å². The van der Waals surface area contributed by atoms with Crippen molar-refractivity contribution in [3.8, 4) is 0 Å². The first-order valence-electron chi connectivity index (χ1n) is 12.4. The molecule has 0 amide bonds. The van der Waals surface area contributed by atoms with Gasteiger partial charge in [0.05, 0.1) is 15.9 Å². The van der Waals surface area contributed by atoms with Gasteiger partial charge in [0.2, 0.25) is 0 Å². The summed E-state index contributed by atoms with van der Waals surface area (Å²) in [6.45, 7) is 7.21. The second kappa shape index (κ2) is 9.52. The lowest BCUT2D eigenvalue weighted by atomic mass is 9.90. The maximum absolute atomic E-state index is 5.61. The zero-order valence-corrected chi connectivity index (χ0v) is 19.9. The van der Waals surface area contributed by atoms with Crippen molar-refractivity contribution >= 4 is 38.3 Å². The third-order valence-corrected chi connectivity index (χ3v) is 8.21. The van der Waals surface area contributed by atoms with E-state index in [1.807, 2.05) is 6.20 Å². The van der Waals surface area contributed by atoms with Crippen molar-refractivity contribution in [3.63, 3.8) is 0 Å². The fourth-order valence-electron chi connectivity index (χ4n) is 5.31. The summed E-state index contributed by atoms with van der Waals surface area (Å²) in [6.07, 6.45) is 9.22. The summed E-state index contributed by atoms with van der Waals surface area (Å²) < 4.78 is 6.75. The van der Waals surface area contributed by atoms with E-state index in [0.717, 1.165) is 72.7 Å². The van der Waals surface area contributed by atoms with Gasteiger partial charge in [0.1, 0.15) is 11.6 Å². The number of likely N-dealkylation sites (tertiary alicyclic amines) is 1. The van der Waals surface area contributed by atoms with Crippen LogP contribution >= 0.6 is 11.3 Å². The maximum Gasteiger partial charge on any atom is 0.186 e. The van der Waals surface area contributed by atoms with Crippen molar-refractivity contribution in [2.75, 3.05) is 49.6 Å². The molecule has 0 unspecified atom stereocenters. The van der Waals surface area contributed by atoms with Gasteiger partial charge in [0.25, 0.3) is 0 Å². The van der Waals surface area contributed by atoms with E-state index in [4.69, 9.17) is 14.7 Å². The molecule has 3 saturated heterocycles. The monoisotopic (exact) mass is 464 g/mol. The molecule has 3 aliphatic rings. The largest absolute Gasteiger partial charge is 0.381 e. The van der Waals surface area contributed by atoms with E-state index in [1.165, 1.54) is 50.0 Å². The van der Waals surface area contributed by atoms with Crippen LogP contribution in [0.1, 0.15) is 55.7 Å². The molecular formula is C25H32N6OS. The van der Waals surface area contributed by atoms with Crippen molar-refractivity contribution in [3.05, 3.63) is 35.7 Å². The molecule has 8 heteroatoms. The minimum atomic E-state index is 0.548. The predicted octanol–water partition coefficient (Wildman–Crippen LogP) is 4.92. The summed E-state index contributed by atoms with van der Waals surface area (Å²) in [5.41, 5.74) is 3.62. The SMILES string of the molecule is c1cc(C2CCOCC2)c(CN2CCCC2)nc1Nc1cc2nc(N3CCCC3)sc2cn1. The van der Waals surface area contributed by atoms with Gasteiger partial charge in [-0.1, -0.05) is 17.4 Å². The minimum Gasteiger partial charge on any atom is -0.381 e. The number of rotatable bonds is 6. The van der Waals surface area contributed by atoms with E-state index >= 15 is 0 Å². The van der Waals surface area contributed by atoms with Gasteiger partial charge in [0.15, 0.2) is 5.13 Å². The molecular weight excluding hydrogens is 432 g/mol. The molecule has 6 rings (SSSR count). The molecule has 0 aliphatic carbocycles. The highest BCUT2D eigenvalue weighted by Crippen LogP contribution is 2.33. The van der Waals surface area contributed by atoms with Crippen molar-refractivity contribution in [2.45, 2.75) is 51.0 Å². The molecule has 0 aromatic carbocycles. The number of hydrogen-bond acceptors (Lipinski definition) is 8. The number of nitrogens with one attached hydrogen (secondary N) is 1. The van der Waals surface area contributed by atoms with Crippen LogP contribution in [0.2, 0.25) is 0 Å². The number of aromatic nitrogens is 3. The number of ether oxygens (including phenoxy) is 1. The van der Waals surface area contributed by atoms with Gasteiger partial charge in [-0.3, -0.25) is 4.90 Å². The fraction of sp³-hybridized carbons (Fsp3) is 0.560. The summed E-state index contributed by atoms with van der Waals surface area (Å²) in [7, 11) is 0. The first-order valence-corrected chi connectivity index (χ1v) is 13.2. The second-order valence-electron chi connectivity index (χ2n) is 9.46. The summed E-state index contributed by atoms with van der Waals surface area (Å²) in [6, 6.07) is 6.45. The zero-order valence-electron chi connectivity index (χ0n) is 19.1. The molecule has 0 bridgehead atoms. The number of fused-ring (bicyclic) bond motifs is 1. The second-order valence-corrected chi connectivity index (χ2v) is 10.5. The van der Waals surface area contributed by atoms with Gasteiger partial charge in [-0.2, -0.15) is 0 Å². The Morgan fingerprint density at radius 2 is 1.76 bits per heavy atom. The molecule has 3 fully saturated rings. The standard InChI is InChI=1S/C25H32N6OS/c1-2-10-30(9-1)17-21-19(18-7-13-32-14-8-18)5-6-23(27-21)29-24-15-20-22(16-26-24)33-25(28-20)31-11-3-4-12-31/h5-6,15-16,18H,1-4,7-14,17H2,(H,26,27,29). The quantitative estimate of drug-likeness (QED) is 0.555. The molecule has 6 heterocycles. The molecule has 174 valence electrons. The molecule has 3 aliphatic heterocycles. The first kappa shape index (κ1) is 21.3. The highest BCUT2D eigenvalue weighted by molar-refractivity contribution is 7.22. The number of hydrogen-bond donors (Lipinski definition) is 1. The topological polar surface area (TPSA) is 66.4 Å². The zero-order chi connectivity index (χ0) is 22.0. The Bertz CT molecular complexity index is 1100. The first-order chi connectivity index (χ1) is 16.3. The highest BCUT2D eigenvalue weighted by atomic mass is 32.1. The van der Waals surface area contributed by atoms with Crippen LogP contribution in [-0.4, -0.2) is 59.2 Å². The number of anilines is 3. The average molecular weight is 465 g/mol. The third-order valence-electron chi connectivity index (χ3n) is 7.14. The van der Waals surface area contributed by atoms with Crippen molar-refractivity contribution in [1.29, 1.82) is 0 Å². The summed E-state index contributed by atoms with van der Waals surface area (Å²) in [5.74, 6) is 2.22. The molecule has 0 radical (unpaired) electrons. The lowest BCUT2D eigenvalue weighted by molar-refractivity contribution is 0.0849. The molecule has 3 aromatic rings. The summed E-state index contributed by atoms with van der Waals surface area (Å²) in [5, 5.41) is 4.57. The van der Waals surface area contributed by atoms with Crippen LogP contribution in [0.3, 0.4) is 0 Å². The third kappa shape index (κ3) is 4.69. The lowest BCUT2D eigenvalue weighted by Crippen LogP contribution is -2.22. The molecule has 1 N–H and O–H groups in total. The van der Waals surface area contributed by atoms with Crippen molar-refractivity contribution in [1.82, 2.24) is 19.9 Å². The van der Waals surface area contributed by atoms with Crippen LogP contribution in [0.15, 0.2) is 24.4 Å². The van der Waals surface area contributed by atoms with E-state index < -0.39 is 0 Å². The fourth-order valence-corrected chi connectivity index (χ4v) is 6.27. The Morgan fingerprint density at radius 1 is 0.970 bits per heavy atom. The number of thiazole rings is 1. The Balaban J connectivity index is 1.25. The summed E-state index contributed by atoms with van der Waals surface area (Å²) >= 11 is 1.74. The molecule has 0 saturated carbocycles. The molecule has 7 nitrogen and oxygen atoms in total. The lowest BCUT2D eigenvalue weighted by Gasteiger charge is -2.26. The predicted molar refractivity (Wildman–Crippen MR) is 134 cm³/mol. The Morgan fingerprint density at radius 3 is 2.58 bits per heavy atom. The van der Waals surface area contributed by atoms with Gasteiger partial charge in [-0.15, -0.1) is 0 Å². The van der Waals surface area contributed by atoms with E-state index in [0.29, 0.717) is 5.92 Å². The van der Waals surface area contributed by atoms with Gasteiger partial charge in [-0.05, 0) is 69.2 Å². The normalized spacial score (nSPS) is 20.2. The Hall–Kier alpha value is -2.29. The average Bonchev–Trinajstić information content (AvgIpc) is 3.61. The summed E-state index contributed by atoms with van der Waals surface area (Å²) in [4.78, 5) is 19.6. The number of pyridine rings is 2. The smallest absolute Gasteiger partial charge is 0.186 e. The van der Waals surface area contributed by atoms with Crippen LogP contribution in [0.5, 0.6) is 0 Å². The molecule has 0 spiro atoms. The minimum absolute atomic E-state index is 0.548. The number of nitrogens with zero attached hydrogens (tertiary/aromatic N) is 5. The van der Waals surface area contributed by atoms with Gasteiger partial charge in [0, 0.05) is 45.1 Å². The Kier molecular flexibility index (Phi) is 6.13. The molecule has 3 aromatic heterocycles. The molecule has 33 heavy (non-hydrogen) atoms. The highest BCUT2D eigenvalue weighted by Gasteiger charge is 2.23. The van der Waals surface area contributed by atoms with Crippen LogP contribution in [0.4, 0.5) is 16.8 Å². The Labute approximate surface area is 199 Å². The maximum atomic E-state index is 5.61. The van der Waals surface area contributed by atoms with Crippen LogP contribution in [-0.2, 0) is 11.3 Å². The van der Waals surface area contributed by atoms with E-state index in [2.05, 4.69) is 38.3 Å². The molecule has 0 atom stereocenters.